The van der Waals surface area contributed by atoms with E-state index in [0.29, 0.717) is 32.1 Å². The van der Waals surface area contributed by atoms with Crippen molar-refractivity contribution in [1.82, 2.24) is 19.8 Å². The zero-order valence-corrected chi connectivity index (χ0v) is 16.2. The van der Waals surface area contributed by atoms with E-state index in [2.05, 4.69) is 15.3 Å². The van der Waals surface area contributed by atoms with E-state index >= 15 is 0 Å². The van der Waals surface area contributed by atoms with E-state index in [9.17, 15) is 18.0 Å². The molecule has 4 heterocycles. The van der Waals surface area contributed by atoms with Crippen molar-refractivity contribution in [3.8, 4) is 11.4 Å². The lowest BCUT2D eigenvalue weighted by Crippen LogP contribution is -2.16. The zero-order chi connectivity index (χ0) is 20.8. The molecule has 0 radical (unpaired) electrons. The van der Waals surface area contributed by atoms with Gasteiger partial charge in [0.15, 0.2) is 5.13 Å². The van der Waals surface area contributed by atoms with E-state index in [4.69, 9.17) is 5.21 Å². The van der Waals surface area contributed by atoms with Crippen LogP contribution in [0.15, 0.2) is 35.8 Å². The molecule has 0 aliphatic heterocycles. The van der Waals surface area contributed by atoms with E-state index in [0.717, 1.165) is 17.4 Å². The number of nitrogens with one attached hydrogen (secondary N) is 2. The van der Waals surface area contributed by atoms with Gasteiger partial charge < -0.3 is 5.32 Å². The number of thiophene rings is 1. The van der Waals surface area contributed by atoms with Crippen LogP contribution < -0.4 is 10.8 Å². The van der Waals surface area contributed by atoms with Crippen molar-refractivity contribution < 1.29 is 23.2 Å². The van der Waals surface area contributed by atoms with Crippen molar-refractivity contribution in [2.24, 2.45) is 0 Å². The Morgan fingerprint density at radius 2 is 2.03 bits per heavy atom. The summed E-state index contributed by atoms with van der Waals surface area (Å²) in [5.74, 6) is -0.621. The number of hydroxylamine groups is 1. The molecule has 0 aliphatic carbocycles. The van der Waals surface area contributed by atoms with Gasteiger partial charge in [-0.1, -0.05) is 0 Å². The van der Waals surface area contributed by atoms with Crippen molar-refractivity contribution >= 4 is 44.4 Å². The quantitative estimate of drug-likeness (QED) is 0.316. The van der Waals surface area contributed by atoms with Gasteiger partial charge in [-0.05, 0) is 31.2 Å². The molecule has 7 nitrogen and oxygen atoms in total. The van der Waals surface area contributed by atoms with Crippen molar-refractivity contribution in [1.29, 1.82) is 0 Å². The minimum absolute atomic E-state index is 0.173. The second-order valence-electron chi connectivity index (χ2n) is 5.93. The van der Waals surface area contributed by atoms with Crippen LogP contribution in [0.2, 0.25) is 0 Å². The van der Waals surface area contributed by atoms with E-state index in [1.54, 1.807) is 29.9 Å². The predicted octanol–water partition coefficient (Wildman–Crippen LogP) is 4.71. The number of hydrogen-bond donors (Lipinski definition) is 3. The molecular formula is C17H12F3N5O2S2. The molecule has 0 saturated heterocycles. The molecule has 1 amide bonds. The number of anilines is 2. The highest BCUT2D eigenvalue weighted by Gasteiger charge is 2.34. The fourth-order valence-corrected chi connectivity index (χ4v) is 4.41. The second-order valence-corrected chi connectivity index (χ2v) is 7.87. The average Bonchev–Trinajstić information content (AvgIpc) is 3.38. The molecule has 0 aromatic carbocycles. The normalized spacial score (nSPS) is 11.8. The first-order valence-corrected chi connectivity index (χ1v) is 9.79. The third kappa shape index (κ3) is 3.57. The molecule has 4 rings (SSSR count). The molecule has 0 spiro atoms. The first kappa shape index (κ1) is 19.4. The minimum atomic E-state index is -4.51. The largest absolute Gasteiger partial charge is 0.419 e. The zero-order valence-electron chi connectivity index (χ0n) is 14.6. The second kappa shape index (κ2) is 7.13. The van der Waals surface area contributed by atoms with Crippen LogP contribution in [0.5, 0.6) is 0 Å². The number of rotatable bonds is 4. The van der Waals surface area contributed by atoms with Crippen LogP contribution in [0, 0.1) is 6.92 Å². The molecule has 0 aliphatic rings. The monoisotopic (exact) mass is 439 g/mol. The van der Waals surface area contributed by atoms with Crippen molar-refractivity contribution in [2.75, 3.05) is 5.32 Å². The van der Waals surface area contributed by atoms with Gasteiger partial charge in [0.2, 0.25) is 0 Å². The number of fused-ring (bicyclic) bond motifs is 1. The number of hydrogen-bond acceptors (Lipinski definition) is 7. The number of carbonyl (C=O) groups is 1. The van der Waals surface area contributed by atoms with Gasteiger partial charge in [-0.3, -0.25) is 14.4 Å². The maximum atomic E-state index is 13.3. The molecule has 150 valence electrons. The summed E-state index contributed by atoms with van der Waals surface area (Å²) in [6.07, 6.45) is -2.99. The minimum Gasteiger partial charge on any atom is -0.323 e. The van der Waals surface area contributed by atoms with Gasteiger partial charge in [-0.15, -0.1) is 22.7 Å². The van der Waals surface area contributed by atoms with Gasteiger partial charge in [-0.2, -0.15) is 13.2 Å². The molecule has 0 atom stereocenters. The highest BCUT2D eigenvalue weighted by molar-refractivity contribution is 7.18. The lowest BCUT2D eigenvalue weighted by atomic mass is 10.2. The molecule has 0 bridgehead atoms. The third-order valence-corrected chi connectivity index (χ3v) is 5.80. The molecule has 0 saturated carbocycles. The fraction of sp³-hybridized carbons (Fsp3) is 0.118. The maximum Gasteiger partial charge on any atom is 0.419 e. The summed E-state index contributed by atoms with van der Waals surface area (Å²) in [6.45, 7) is 1.63. The number of amides is 1. The summed E-state index contributed by atoms with van der Waals surface area (Å²) in [7, 11) is 0. The van der Waals surface area contributed by atoms with Gasteiger partial charge in [0.25, 0.3) is 5.91 Å². The lowest BCUT2D eigenvalue weighted by molar-refractivity contribution is -0.136. The summed E-state index contributed by atoms with van der Waals surface area (Å²) < 4.78 is 41.2. The molecule has 29 heavy (non-hydrogen) atoms. The standard InChI is InChI=1S/C17H12F3N5O2S2/c1-8-13(25-6-2-3-9(14(25)21-8)17(18,19)20)10-7-28-16(22-10)23-12-5-4-11(29-12)15(26)24-27/h2-7,27H,1H3,(H,22,23)(H,24,26). The lowest BCUT2D eigenvalue weighted by Gasteiger charge is -2.08. The summed E-state index contributed by atoms with van der Waals surface area (Å²) in [6, 6.07) is 5.52. The van der Waals surface area contributed by atoms with Crippen molar-refractivity contribution in [3.63, 3.8) is 0 Å². The Morgan fingerprint density at radius 1 is 1.24 bits per heavy atom. The third-order valence-electron chi connectivity index (χ3n) is 4.04. The highest BCUT2D eigenvalue weighted by atomic mass is 32.1. The van der Waals surface area contributed by atoms with Gasteiger partial charge in [0.05, 0.1) is 26.8 Å². The number of thiazole rings is 1. The van der Waals surface area contributed by atoms with Gasteiger partial charge in [0, 0.05) is 11.6 Å². The molecule has 12 heteroatoms. The number of pyridine rings is 1. The molecule has 3 N–H and O–H groups in total. The number of aromatic nitrogens is 3. The number of imidazole rings is 1. The Labute approximate surface area is 169 Å². The van der Waals surface area contributed by atoms with E-state index in [-0.39, 0.29) is 5.65 Å². The molecular weight excluding hydrogens is 427 g/mol. The summed E-state index contributed by atoms with van der Waals surface area (Å²) >= 11 is 2.38. The van der Waals surface area contributed by atoms with Crippen LogP contribution in [0.1, 0.15) is 20.9 Å². The Balaban J connectivity index is 1.68. The molecule has 0 fully saturated rings. The summed E-state index contributed by atoms with van der Waals surface area (Å²) in [4.78, 5) is 20.3. The number of aryl methyl sites for hydroxylation is 1. The predicted molar refractivity (Wildman–Crippen MR) is 103 cm³/mol. The molecule has 0 unspecified atom stereocenters. The fourth-order valence-electron chi connectivity index (χ4n) is 2.84. The number of carbonyl (C=O) groups excluding carboxylic acids is 1. The Kier molecular flexibility index (Phi) is 4.76. The van der Waals surface area contributed by atoms with Gasteiger partial charge in [-0.25, -0.2) is 15.4 Å². The van der Waals surface area contributed by atoms with Crippen LogP contribution in [0.3, 0.4) is 0 Å². The smallest absolute Gasteiger partial charge is 0.323 e. The van der Waals surface area contributed by atoms with Crippen molar-refractivity contribution in [3.05, 3.63) is 52.0 Å². The number of nitrogens with zero attached hydrogens (tertiary/aromatic N) is 3. The molecule has 4 aromatic rings. The van der Waals surface area contributed by atoms with Gasteiger partial charge in [0.1, 0.15) is 11.3 Å². The highest BCUT2D eigenvalue weighted by Crippen LogP contribution is 2.36. The number of halogens is 3. The van der Waals surface area contributed by atoms with Crippen LogP contribution in [0.25, 0.3) is 17.0 Å². The van der Waals surface area contributed by atoms with Crippen LogP contribution in [-0.2, 0) is 6.18 Å². The van der Waals surface area contributed by atoms with E-state index in [1.807, 2.05) is 0 Å². The Bertz CT molecular complexity index is 1210. The van der Waals surface area contributed by atoms with Crippen LogP contribution >= 0.6 is 22.7 Å². The van der Waals surface area contributed by atoms with E-state index in [1.165, 1.54) is 28.0 Å². The van der Waals surface area contributed by atoms with E-state index < -0.39 is 17.6 Å². The summed E-state index contributed by atoms with van der Waals surface area (Å²) in [5.41, 5.74) is 1.96. The van der Waals surface area contributed by atoms with Crippen LogP contribution in [-0.4, -0.2) is 25.5 Å². The first-order valence-electron chi connectivity index (χ1n) is 8.10. The maximum absolute atomic E-state index is 13.3. The van der Waals surface area contributed by atoms with Crippen molar-refractivity contribution in [2.45, 2.75) is 13.1 Å². The number of alkyl halides is 3. The SMILES string of the molecule is Cc1nc2c(C(F)(F)F)cccn2c1-c1csc(Nc2ccc(C(=O)NO)s2)n1. The average molecular weight is 439 g/mol. The molecule has 4 aromatic heterocycles. The Morgan fingerprint density at radius 3 is 2.76 bits per heavy atom. The topological polar surface area (TPSA) is 91.5 Å². The van der Waals surface area contributed by atoms with Crippen LogP contribution in [0.4, 0.5) is 23.3 Å². The Hall–Kier alpha value is -2.96. The summed E-state index contributed by atoms with van der Waals surface area (Å²) in [5, 5.41) is 14.6. The first-order chi connectivity index (χ1) is 13.8. The van der Waals surface area contributed by atoms with Gasteiger partial charge >= 0.3 is 6.18 Å².